The summed E-state index contributed by atoms with van der Waals surface area (Å²) in [6.07, 6.45) is 4.68. The van der Waals surface area contributed by atoms with Crippen LogP contribution in [0.15, 0.2) is 18.3 Å². The third-order valence-corrected chi connectivity index (χ3v) is 5.13. The van der Waals surface area contributed by atoms with Gasteiger partial charge in [-0.05, 0) is 36.8 Å². The number of hydrogen-bond donors (Lipinski definition) is 2. The molecule has 2 unspecified atom stereocenters. The number of carbonyl (C=O) groups excluding carboxylic acids is 1. The summed E-state index contributed by atoms with van der Waals surface area (Å²) in [4.78, 5) is 19.1. The number of nitrogens with zero attached hydrogens (tertiary/aromatic N) is 2. The van der Waals surface area contributed by atoms with Gasteiger partial charge in [-0.1, -0.05) is 27.2 Å². The van der Waals surface area contributed by atoms with E-state index >= 15 is 0 Å². The number of nitrogens with one attached hydrogen (secondary N) is 1. The quantitative estimate of drug-likeness (QED) is 0.846. The van der Waals surface area contributed by atoms with Crippen molar-refractivity contribution < 1.29 is 9.90 Å². The van der Waals surface area contributed by atoms with Gasteiger partial charge in [0, 0.05) is 31.8 Å². The van der Waals surface area contributed by atoms with Crippen molar-refractivity contribution in [1.29, 1.82) is 0 Å². The van der Waals surface area contributed by atoms with Gasteiger partial charge in [0.2, 0.25) is 5.91 Å². The number of amides is 1. The fourth-order valence-electron chi connectivity index (χ4n) is 2.93. The number of anilines is 2. The van der Waals surface area contributed by atoms with Gasteiger partial charge in [-0.2, -0.15) is 0 Å². The molecule has 1 amide bonds. The predicted molar refractivity (Wildman–Crippen MR) is 93.5 cm³/mol. The van der Waals surface area contributed by atoms with Crippen LogP contribution in [0.4, 0.5) is 11.5 Å². The molecule has 0 saturated carbocycles. The Hall–Kier alpha value is -1.62. The summed E-state index contributed by atoms with van der Waals surface area (Å²) in [5.41, 5.74) is 0.787. The van der Waals surface area contributed by atoms with Gasteiger partial charge < -0.3 is 15.3 Å². The van der Waals surface area contributed by atoms with E-state index < -0.39 is 0 Å². The first kappa shape index (κ1) is 17.7. The van der Waals surface area contributed by atoms with E-state index in [1.807, 2.05) is 19.1 Å². The Balaban J connectivity index is 2.07. The van der Waals surface area contributed by atoms with E-state index in [1.165, 1.54) is 0 Å². The molecule has 0 aliphatic carbocycles. The lowest BCUT2D eigenvalue weighted by molar-refractivity contribution is -0.120. The summed E-state index contributed by atoms with van der Waals surface area (Å²) in [7, 11) is 0. The topological polar surface area (TPSA) is 65.5 Å². The average Bonchev–Trinajstić information content (AvgIpc) is 2.61. The number of pyridine rings is 1. The molecular weight excluding hydrogens is 290 g/mol. The Labute approximate surface area is 139 Å². The van der Waals surface area contributed by atoms with Gasteiger partial charge in [0.05, 0.1) is 5.69 Å². The zero-order chi connectivity index (χ0) is 16.8. The van der Waals surface area contributed by atoms with Crippen molar-refractivity contribution in [2.24, 2.45) is 17.8 Å². The van der Waals surface area contributed by atoms with Crippen LogP contribution < -0.4 is 10.2 Å². The maximum Gasteiger partial charge on any atom is 0.227 e. The lowest BCUT2D eigenvalue weighted by Crippen LogP contribution is -2.36. The van der Waals surface area contributed by atoms with Crippen LogP contribution in [0.5, 0.6) is 0 Å². The van der Waals surface area contributed by atoms with E-state index in [9.17, 15) is 9.90 Å². The third kappa shape index (κ3) is 4.44. The number of aromatic nitrogens is 1. The summed E-state index contributed by atoms with van der Waals surface area (Å²) in [6, 6.07) is 3.77. The van der Waals surface area contributed by atoms with Crippen LogP contribution in [0.1, 0.15) is 40.0 Å². The van der Waals surface area contributed by atoms with Gasteiger partial charge in [0.25, 0.3) is 0 Å². The molecule has 5 nitrogen and oxygen atoms in total. The summed E-state index contributed by atoms with van der Waals surface area (Å²) >= 11 is 0. The lowest BCUT2D eigenvalue weighted by atomic mass is 9.93. The molecule has 0 aromatic carbocycles. The molecule has 1 fully saturated rings. The minimum Gasteiger partial charge on any atom is -0.396 e. The van der Waals surface area contributed by atoms with Crippen LogP contribution in [0.3, 0.4) is 0 Å². The van der Waals surface area contributed by atoms with Crippen LogP contribution >= 0.6 is 0 Å². The van der Waals surface area contributed by atoms with Crippen molar-refractivity contribution in [1.82, 2.24) is 4.98 Å². The van der Waals surface area contributed by atoms with E-state index in [2.05, 4.69) is 29.0 Å². The highest BCUT2D eigenvalue weighted by molar-refractivity contribution is 5.95. The molecular formula is C18H29N3O2. The largest absolute Gasteiger partial charge is 0.396 e. The fourth-order valence-corrected chi connectivity index (χ4v) is 2.93. The zero-order valence-electron chi connectivity index (χ0n) is 14.5. The van der Waals surface area contributed by atoms with Gasteiger partial charge in [0.1, 0.15) is 0 Å². The summed E-state index contributed by atoms with van der Waals surface area (Å²) < 4.78 is 0. The van der Waals surface area contributed by atoms with Crippen LogP contribution in [-0.2, 0) is 4.79 Å². The number of aliphatic hydroxyl groups excluding tert-OH is 1. The minimum atomic E-state index is -0.0202. The Morgan fingerprint density at radius 2 is 2.13 bits per heavy atom. The standard InChI is InChI=1S/C18H29N3O2/c1-4-13(2)14(3)18(23)20-16-6-5-9-19-17(16)21-10-7-15(12-22)8-11-21/h5-6,9,13-15,22H,4,7-8,10-12H2,1-3H3,(H,20,23). The van der Waals surface area contributed by atoms with Crippen molar-refractivity contribution in [2.45, 2.75) is 40.0 Å². The fraction of sp³-hybridized carbons (Fsp3) is 0.667. The van der Waals surface area contributed by atoms with Gasteiger partial charge >= 0.3 is 0 Å². The molecule has 2 heterocycles. The van der Waals surface area contributed by atoms with Gasteiger partial charge in [-0.3, -0.25) is 4.79 Å². The molecule has 2 atom stereocenters. The number of aliphatic hydroxyl groups is 1. The van der Waals surface area contributed by atoms with Crippen molar-refractivity contribution in [2.75, 3.05) is 29.9 Å². The monoisotopic (exact) mass is 319 g/mol. The van der Waals surface area contributed by atoms with Crippen molar-refractivity contribution in [3.8, 4) is 0 Å². The predicted octanol–water partition coefficient (Wildman–Crippen LogP) is 2.91. The first-order valence-corrected chi connectivity index (χ1v) is 8.68. The molecule has 1 aliphatic rings. The molecule has 2 N–H and O–H groups in total. The number of rotatable bonds is 6. The van der Waals surface area contributed by atoms with E-state index in [-0.39, 0.29) is 18.4 Å². The van der Waals surface area contributed by atoms with E-state index in [4.69, 9.17) is 0 Å². The Kier molecular flexibility index (Phi) is 6.39. The van der Waals surface area contributed by atoms with Crippen molar-refractivity contribution in [3.63, 3.8) is 0 Å². The van der Waals surface area contributed by atoms with Gasteiger partial charge in [0.15, 0.2) is 5.82 Å². The highest BCUT2D eigenvalue weighted by atomic mass is 16.3. The third-order valence-electron chi connectivity index (χ3n) is 5.13. The SMILES string of the molecule is CCC(C)C(C)C(=O)Nc1cccnc1N1CCC(CO)CC1. The second kappa shape index (κ2) is 8.29. The first-order valence-electron chi connectivity index (χ1n) is 8.68. The van der Waals surface area contributed by atoms with E-state index in [1.54, 1.807) is 6.20 Å². The second-order valence-electron chi connectivity index (χ2n) is 6.65. The van der Waals surface area contributed by atoms with Crippen LogP contribution in [0, 0.1) is 17.8 Å². The molecule has 128 valence electrons. The van der Waals surface area contributed by atoms with E-state index in [0.717, 1.165) is 43.9 Å². The molecule has 0 bridgehead atoms. The Morgan fingerprint density at radius 3 is 2.74 bits per heavy atom. The maximum atomic E-state index is 12.5. The number of piperidine rings is 1. The van der Waals surface area contributed by atoms with Gasteiger partial charge in [-0.25, -0.2) is 4.98 Å². The molecule has 1 aromatic rings. The highest BCUT2D eigenvalue weighted by Crippen LogP contribution is 2.28. The second-order valence-corrected chi connectivity index (χ2v) is 6.65. The van der Waals surface area contributed by atoms with E-state index in [0.29, 0.717) is 11.8 Å². The molecule has 1 aliphatic heterocycles. The number of hydrogen-bond acceptors (Lipinski definition) is 4. The molecule has 1 saturated heterocycles. The van der Waals surface area contributed by atoms with Crippen LogP contribution in [-0.4, -0.2) is 35.7 Å². The molecule has 5 heteroatoms. The lowest BCUT2D eigenvalue weighted by Gasteiger charge is -2.33. The van der Waals surface area contributed by atoms with Crippen molar-refractivity contribution in [3.05, 3.63) is 18.3 Å². The molecule has 0 radical (unpaired) electrons. The normalized spacial score (nSPS) is 18.5. The Bertz CT molecular complexity index is 513. The molecule has 0 spiro atoms. The molecule has 1 aromatic heterocycles. The van der Waals surface area contributed by atoms with Gasteiger partial charge in [-0.15, -0.1) is 0 Å². The smallest absolute Gasteiger partial charge is 0.227 e. The summed E-state index contributed by atoms with van der Waals surface area (Å²) in [6.45, 7) is 8.18. The molecule has 2 rings (SSSR count). The summed E-state index contributed by atoms with van der Waals surface area (Å²) in [5.74, 6) is 1.62. The van der Waals surface area contributed by atoms with Crippen LogP contribution in [0.2, 0.25) is 0 Å². The highest BCUT2D eigenvalue weighted by Gasteiger charge is 2.24. The average molecular weight is 319 g/mol. The van der Waals surface area contributed by atoms with Crippen molar-refractivity contribution >= 4 is 17.4 Å². The molecule has 23 heavy (non-hydrogen) atoms. The summed E-state index contributed by atoms with van der Waals surface area (Å²) in [5, 5.41) is 12.3. The minimum absolute atomic E-state index is 0.0202. The zero-order valence-corrected chi connectivity index (χ0v) is 14.5. The number of carbonyl (C=O) groups is 1. The van der Waals surface area contributed by atoms with Crippen LogP contribution in [0.25, 0.3) is 0 Å². The Morgan fingerprint density at radius 1 is 1.43 bits per heavy atom. The maximum absolute atomic E-state index is 12.5. The first-order chi connectivity index (χ1) is 11.1.